The summed E-state index contributed by atoms with van der Waals surface area (Å²) in [5.74, 6) is -0.906. The van der Waals surface area contributed by atoms with Gasteiger partial charge in [-0.05, 0) is 40.3 Å². The highest BCUT2D eigenvalue weighted by atomic mass is 16.4. The van der Waals surface area contributed by atoms with E-state index in [-0.39, 0.29) is 0 Å². The molecule has 4 aromatic carbocycles. The molecule has 4 rings (SSSR count). The van der Waals surface area contributed by atoms with Crippen molar-refractivity contribution in [3.8, 4) is 0 Å². The van der Waals surface area contributed by atoms with Crippen LogP contribution in [0.2, 0.25) is 0 Å². The molecule has 0 bridgehead atoms. The van der Waals surface area contributed by atoms with Gasteiger partial charge in [0.2, 0.25) is 0 Å². The van der Waals surface area contributed by atoms with Crippen LogP contribution in [-0.2, 0) is 4.79 Å². The standard InChI is InChI=1S/C31H26O2/c1-31(30(32)33,22-28(24-14-6-2-7-15-24)25-16-8-3-9-17-25)23-29(26-18-10-4-11-19-26)27-20-12-5-13-21-27/h2-23H,1H3,(H,32,33). The zero-order valence-electron chi connectivity index (χ0n) is 18.6. The molecule has 0 spiro atoms. The van der Waals surface area contributed by atoms with E-state index in [1.165, 1.54) is 0 Å². The maximum absolute atomic E-state index is 12.7. The number of rotatable bonds is 7. The lowest BCUT2D eigenvalue weighted by atomic mass is 9.81. The van der Waals surface area contributed by atoms with E-state index in [0.29, 0.717) is 0 Å². The van der Waals surface area contributed by atoms with Crippen molar-refractivity contribution >= 4 is 17.1 Å². The summed E-state index contributed by atoms with van der Waals surface area (Å²) in [5.41, 5.74) is 4.44. The van der Waals surface area contributed by atoms with Crippen molar-refractivity contribution in [3.63, 3.8) is 0 Å². The van der Waals surface area contributed by atoms with Gasteiger partial charge >= 0.3 is 5.97 Å². The zero-order chi connectivity index (χ0) is 23.1. The molecule has 1 N–H and O–H groups in total. The molecule has 0 aliphatic rings. The van der Waals surface area contributed by atoms with E-state index in [1.807, 2.05) is 133 Å². The Labute approximate surface area is 195 Å². The second kappa shape index (κ2) is 9.97. The molecule has 0 radical (unpaired) electrons. The van der Waals surface area contributed by atoms with Crippen molar-refractivity contribution in [2.45, 2.75) is 6.92 Å². The largest absolute Gasteiger partial charge is 0.480 e. The van der Waals surface area contributed by atoms with Crippen molar-refractivity contribution < 1.29 is 9.90 Å². The molecule has 0 heterocycles. The van der Waals surface area contributed by atoms with Crippen molar-refractivity contribution in [1.29, 1.82) is 0 Å². The van der Waals surface area contributed by atoms with Crippen molar-refractivity contribution in [2.24, 2.45) is 5.41 Å². The molecule has 0 aliphatic carbocycles. The van der Waals surface area contributed by atoms with Gasteiger partial charge in [0, 0.05) is 0 Å². The van der Waals surface area contributed by atoms with Gasteiger partial charge in [0.05, 0.1) is 0 Å². The molecule has 4 aromatic rings. The molecule has 0 aliphatic heterocycles. The first-order valence-corrected chi connectivity index (χ1v) is 11.0. The van der Waals surface area contributed by atoms with E-state index < -0.39 is 11.4 Å². The number of benzene rings is 4. The highest BCUT2D eigenvalue weighted by Gasteiger charge is 2.30. The molecule has 0 saturated heterocycles. The third-order valence-corrected chi connectivity index (χ3v) is 5.69. The van der Waals surface area contributed by atoms with Gasteiger partial charge in [0.15, 0.2) is 0 Å². The fourth-order valence-electron chi connectivity index (χ4n) is 3.90. The number of hydrogen-bond donors (Lipinski definition) is 1. The average molecular weight is 431 g/mol. The maximum Gasteiger partial charge on any atom is 0.317 e. The maximum atomic E-state index is 12.7. The van der Waals surface area contributed by atoms with Gasteiger partial charge in [-0.1, -0.05) is 133 Å². The van der Waals surface area contributed by atoms with E-state index in [2.05, 4.69) is 0 Å². The quantitative estimate of drug-likeness (QED) is 0.333. The molecule has 0 aromatic heterocycles. The smallest absolute Gasteiger partial charge is 0.317 e. The second-order valence-electron chi connectivity index (χ2n) is 8.17. The molecule has 2 heteroatoms. The molecular weight excluding hydrogens is 404 g/mol. The molecule has 0 fully saturated rings. The van der Waals surface area contributed by atoms with Gasteiger partial charge in [0.25, 0.3) is 0 Å². The van der Waals surface area contributed by atoms with Crippen LogP contribution in [0.15, 0.2) is 133 Å². The monoisotopic (exact) mass is 430 g/mol. The fraction of sp³-hybridized carbons (Fsp3) is 0.0645. The lowest BCUT2D eigenvalue weighted by molar-refractivity contribution is -0.142. The van der Waals surface area contributed by atoms with Crippen LogP contribution in [0.25, 0.3) is 11.1 Å². The number of carboxylic acid groups (broad SMARTS) is 1. The first-order chi connectivity index (χ1) is 16.1. The van der Waals surface area contributed by atoms with Gasteiger partial charge in [0.1, 0.15) is 5.41 Å². The summed E-state index contributed by atoms with van der Waals surface area (Å²) in [6, 6.07) is 39.7. The minimum atomic E-state index is -1.25. The number of aliphatic carboxylic acids is 1. The minimum absolute atomic E-state index is 0.887. The predicted octanol–water partition coefficient (Wildman–Crippen LogP) is 7.34. The normalized spacial score (nSPS) is 10.8. The van der Waals surface area contributed by atoms with E-state index in [4.69, 9.17) is 0 Å². The van der Waals surface area contributed by atoms with Crippen LogP contribution >= 0.6 is 0 Å². The SMILES string of the molecule is CC(C=C(c1ccccc1)c1ccccc1)(C=C(c1ccccc1)c1ccccc1)C(=O)O. The Bertz CT molecular complexity index is 1080. The fourth-order valence-corrected chi connectivity index (χ4v) is 3.90. The Balaban J connectivity index is 1.95. The van der Waals surface area contributed by atoms with E-state index in [0.717, 1.165) is 33.4 Å². The van der Waals surface area contributed by atoms with E-state index in [9.17, 15) is 9.90 Å². The highest BCUT2D eigenvalue weighted by molar-refractivity contribution is 5.91. The van der Waals surface area contributed by atoms with Crippen LogP contribution in [0, 0.1) is 5.41 Å². The van der Waals surface area contributed by atoms with Crippen LogP contribution in [0.1, 0.15) is 29.2 Å². The van der Waals surface area contributed by atoms with E-state index in [1.54, 1.807) is 6.92 Å². The molecule has 0 amide bonds. The summed E-state index contributed by atoms with van der Waals surface area (Å²) in [6.45, 7) is 1.76. The molecule has 2 nitrogen and oxygen atoms in total. The third kappa shape index (κ3) is 5.19. The summed E-state index contributed by atoms with van der Waals surface area (Å²) in [4.78, 5) is 12.7. The predicted molar refractivity (Wildman–Crippen MR) is 136 cm³/mol. The summed E-state index contributed by atoms with van der Waals surface area (Å²) < 4.78 is 0. The lowest BCUT2D eigenvalue weighted by Gasteiger charge is -2.22. The van der Waals surface area contributed by atoms with Crippen molar-refractivity contribution in [2.75, 3.05) is 0 Å². The Hall–Kier alpha value is -4.17. The van der Waals surface area contributed by atoms with Crippen molar-refractivity contribution in [3.05, 3.63) is 156 Å². The van der Waals surface area contributed by atoms with Crippen LogP contribution < -0.4 is 0 Å². The number of hydrogen-bond acceptors (Lipinski definition) is 1. The topological polar surface area (TPSA) is 37.3 Å². The van der Waals surface area contributed by atoms with Gasteiger partial charge < -0.3 is 5.11 Å². The highest BCUT2D eigenvalue weighted by Crippen LogP contribution is 2.35. The molecule has 0 saturated carbocycles. The molecule has 0 atom stereocenters. The van der Waals surface area contributed by atoms with Gasteiger partial charge in [-0.3, -0.25) is 4.79 Å². The Morgan fingerprint density at radius 2 is 0.788 bits per heavy atom. The zero-order valence-corrected chi connectivity index (χ0v) is 18.6. The van der Waals surface area contributed by atoms with Crippen molar-refractivity contribution in [1.82, 2.24) is 0 Å². The number of carbonyl (C=O) groups is 1. The molecule has 0 unspecified atom stereocenters. The lowest BCUT2D eigenvalue weighted by Crippen LogP contribution is -2.24. The first-order valence-electron chi connectivity index (χ1n) is 11.0. The Morgan fingerprint density at radius 1 is 0.545 bits per heavy atom. The van der Waals surface area contributed by atoms with Crippen LogP contribution in [0.4, 0.5) is 0 Å². The number of carboxylic acids is 1. The van der Waals surface area contributed by atoms with Gasteiger partial charge in [-0.25, -0.2) is 0 Å². The average Bonchev–Trinajstić information content (AvgIpc) is 2.88. The Morgan fingerprint density at radius 3 is 1.00 bits per heavy atom. The summed E-state index contributed by atoms with van der Waals surface area (Å²) in [5, 5.41) is 10.4. The summed E-state index contributed by atoms with van der Waals surface area (Å²) in [7, 11) is 0. The molecular formula is C31H26O2. The van der Waals surface area contributed by atoms with Crippen LogP contribution in [0.5, 0.6) is 0 Å². The third-order valence-electron chi connectivity index (χ3n) is 5.69. The molecule has 162 valence electrons. The Kier molecular flexibility index (Phi) is 6.66. The second-order valence-corrected chi connectivity index (χ2v) is 8.17. The minimum Gasteiger partial charge on any atom is -0.480 e. The molecule has 33 heavy (non-hydrogen) atoms. The summed E-state index contributed by atoms with van der Waals surface area (Å²) >= 11 is 0. The van der Waals surface area contributed by atoms with Gasteiger partial charge in [-0.15, -0.1) is 0 Å². The van der Waals surface area contributed by atoms with Crippen LogP contribution in [0.3, 0.4) is 0 Å². The van der Waals surface area contributed by atoms with E-state index >= 15 is 0 Å². The summed E-state index contributed by atoms with van der Waals surface area (Å²) in [6.07, 6.45) is 3.73. The first kappa shape index (κ1) is 22.0. The van der Waals surface area contributed by atoms with Gasteiger partial charge in [-0.2, -0.15) is 0 Å². The van der Waals surface area contributed by atoms with Crippen LogP contribution in [-0.4, -0.2) is 11.1 Å².